The number of likely N-dealkylation sites (tertiary alicyclic amines) is 1. The Labute approximate surface area is 224 Å². The van der Waals surface area contributed by atoms with E-state index < -0.39 is 0 Å². The van der Waals surface area contributed by atoms with Crippen LogP contribution in [-0.4, -0.2) is 75.7 Å². The van der Waals surface area contributed by atoms with Crippen molar-refractivity contribution in [3.8, 4) is 22.8 Å². The fourth-order valence-electron chi connectivity index (χ4n) is 5.79. The van der Waals surface area contributed by atoms with Crippen LogP contribution in [0.2, 0.25) is 0 Å². The lowest BCUT2D eigenvalue weighted by Gasteiger charge is -2.28. The SMILES string of the molecule is COc1cccc(OC)c1-c1cc(C(=O)N[C@@H](CCN2CCCCC2)Cc2nnc[nH]2)nn1C1CCCC1. The molecule has 1 saturated heterocycles. The molecule has 0 radical (unpaired) electrons. The number of nitrogens with zero attached hydrogens (tertiary/aromatic N) is 5. The van der Waals surface area contributed by atoms with E-state index in [4.69, 9.17) is 14.6 Å². The summed E-state index contributed by atoms with van der Waals surface area (Å²) in [7, 11) is 3.30. The minimum Gasteiger partial charge on any atom is -0.496 e. The van der Waals surface area contributed by atoms with Crippen molar-refractivity contribution in [3.05, 3.63) is 42.1 Å². The highest BCUT2D eigenvalue weighted by atomic mass is 16.5. The number of H-pyrrole nitrogens is 1. The summed E-state index contributed by atoms with van der Waals surface area (Å²) in [5, 5.41) is 16.2. The van der Waals surface area contributed by atoms with Gasteiger partial charge < -0.3 is 24.7 Å². The van der Waals surface area contributed by atoms with Gasteiger partial charge in [0.2, 0.25) is 0 Å². The van der Waals surface area contributed by atoms with Gasteiger partial charge in [0, 0.05) is 19.0 Å². The summed E-state index contributed by atoms with van der Waals surface area (Å²) in [6.07, 6.45) is 11.2. The standard InChI is InChI=1S/C28H39N7O3/c1-37-24-11-8-12-25(38-2)27(24)23-18-22(33-35(23)21-9-4-5-10-21)28(36)31-20(17-26-29-19-30-32-26)13-16-34-14-6-3-7-15-34/h8,11-12,18-21H,3-7,9-10,13-17H2,1-2H3,(H,31,36)(H,29,30,32)/t20-/m0/s1. The Morgan fingerprint density at radius 1 is 1.11 bits per heavy atom. The zero-order valence-corrected chi connectivity index (χ0v) is 22.5. The fourth-order valence-corrected chi connectivity index (χ4v) is 5.79. The maximum absolute atomic E-state index is 13.6. The van der Waals surface area contributed by atoms with Gasteiger partial charge in [-0.1, -0.05) is 25.3 Å². The molecule has 5 rings (SSSR count). The molecule has 10 heteroatoms. The molecule has 0 spiro atoms. The number of hydrogen-bond donors (Lipinski definition) is 2. The number of methoxy groups -OCH3 is 2. The van der Waals surface area contributed by atoms with Crippen molar-refractivity contribution in [1.29, 1.82) is 0 Å². The number of piperidine rings is 1. The van der Waals surface area contributed by atoms with Gasteiger partial charge in [0.25, 0.3) is 5.91 Å². The predicted molar refractivity (Wildman–Crippen MR) is 145 cm³/mol. The van der Waals surface area contributed by atoms with Crippen LogP contribution in [0.15, 0.2) is 30.6 Å². The largest absolute Gasteiger partial charge is 0.496 e. The molecule has 2 aliphatic rings. The van der Waals surface area contributed by atoms with Crippen molar-refractivity contribution in [2.45, 2.75) is 69.9 Å². The van der Waals surface area contributed by atoms with E-state index >= 15 is 0 Å². The van der Waals surface area contributed by atoms with Gasteiger partial charge in [-0.05, 0) is 63.4 Å². The molecular formula is C28H39N7O3. The van der Waals surface area contributed by atoms with Crippen LogP contribution in [0.5, 0.6) is 11.5 Å². The number of aromatic nitrogens is 5. The van der Waals surface area contributed by atoms with E-state index in [-0.39, 0.29) is 18.0 Å². The summed E-state index contributed by atoms with van der Waals surface area (Å²) in [5.41, 5.74) is 2.07. The van der Waals surface area contributed by atoms with Gasteiger partial charge in [0.1, 0.15) is 23.7 Å². The van der Waals surface area contributed by atoms with Crippen LogP contribution in [0, 0.1) is 0 Å². The number of ether oxygens (including phenoxy) is 2. The molecule has 1 atom stereocenters. The van der Waals surface area contributed by atoms with E-state index in [0.717, 1.165) is 68.8 Å². The van der Waals surface area contributed by atoms with E-state index in [1.165, 1.54) is 19.3 Å². The summed E-state index contributed by atoms with van der Waals surface area (Å²) in [6, 6.07) is 7.77. The fraction of sp³-hybridized carbons (Fsp3) is 0.571. The normalized spacial score (nSPS) is 17.4. The van der Waals surface area contributed by atoms with Gasteiger partial charge >= 0.3 is 0 Å². The van der Waals surface area contributed by atoms with Gasteiger partial charge in [-0.25, -0.2) is 0 Å². The molecular weight excluding hydrogens is 482 g/mol. The lowest BCUT2D eigenvalue weighted by molar-refractivity contribution is 0.0923. The molecule has 3 heterocycles. The molecule has 3 aromatic rings. The average Bonchev–Trinajstić information content (AvgIpc) is 3.74. The molecule has 1 amide bonds. The number of amides is 1. The zero-order valence-electron chi connectivity index (χ0n) is 22.5. The molecule has 0 unspecified atom stereocenters. The van der Waals surface area contributed by atoms with Crippen LogP contribution in [0.25, 0.3) is 11.3 Å². The minimum atomic E-state index is -0.181. The molecule has 1 aliphatic carbocycles. The van der Waals surface area contributed by atoms with E-state index in [1.807, 2.05) is 28.9 Å². The molecule has 1 saturated carbocycles. The van der Waals surface area contributed by atoms with Crippen LogP contribution in [0.4, 0.5) is 0 Å². The number of aromatic amines is 1. The lowest BCUT2D eigenvalue weighted by Crippen LogP contribution is -2.40. The summed E-state index contributed by atoms with van der Waals surface area (Å²) >= 11 is 0. The first-order valence-corrected chi connectivity index (χ1v) is 13.9. The van der Waals surface area contributed by atoms with Crippen molar-refractivity contribution in [2.75, 3.05) is 33.9 Å². The van der Waals surface area contributed by atoms with Gasteiger partial charge in [-0.2, -0.15) is 5.10 Å². The number of carbonyl (C=O) groups excluding carboxylic acids is 1. The molecule has 2 fully saturated rings. The summed E-state index contributed by atoms with van der Waals surface area (Å²) in [4.78, 5) is 19.2. The highest BCUT2D eigenvalue weighted by molar-refractivity contribution is 5.94. The van der Waals surface area contributed by atoms with Crippen LogP contribution in [0.3, 0.4) is 0 Å². The topological polar surface area (TPSA) is 110 Å². The Morgan fingerprint density at radius 3 is 2.50 bits per heavy atom. The Morgan fingerprint density at radius 2 is 1.84 bits per heavy atom. The molecule has 1 aromatic carbocycles. The maximum Gasteiger partial charge on any atom is 0.272 e. The highest BCUT2D eigenvalue weighted by Gasteiger charge is 2.28. The van der Waals surface area contributed by atoms with Crippen LogP contribution in [-0.2, 0) is 6.42 Å². The van der Waals surface area contributed by atoms with E-state index in [2.05, 4.69) is 25.4 Å². The maximum atomic E-state index is 13.6. The summed E-state index contributed by atoms with van der Waals surface area (Å²) < 4.78 is 13.4. The Bertz CT molecular complexity index is 1160. The third-order valence-corrected chi connectivity index (χ3v) is 7.81. The Kier molecular flexibility index (Phi) is 8.58. The number of hydrogen-bond acceptors (Lipinski definition) is 7. The number of carbonyl (C=O) groups is 1. The minimum absolute atomic E-state index is 0.0849. The monoisotopic (exact) mass is 521 g/mol. The second-order valence-electron chi connectivity index (χ2n) is 10.3. The lowest BCUT2D eigenvalue weighted by atomic mass is 10.1. The van der Waals surface area contributed by atoms with Crippen molar-refractivity contribution >= 4 is 5.91 Å². The van der Waals surface area contributed by atoms with Crippen LogP contribution >= 0.6 is 0 Å². The van der Waals surface area contributed by atoms with Gasteiger partial charge in [0.05, 0.1) is 31.5 Å². The third kappa shape index (κ3) is 6.01. The van der Waals surface area contributed by atoms with E-state index in [0.29, 0.717) is 23.6 Å². The van der Waals surface area contributed by atoms with Crippen LogP contribution in [0.1, 0.15) is 73.7 Å². The molecule has 10 nitrogen and oxygen atoms in total. The first kappa shape index (κ1) is 26.2. The van der Waals surface area contributed by atoms with Crippen LogP contribution < -0.4 is 14.8 Å². The molecule has 0 bridgehead atoms. The second-order valence-corrected chi connectivity index (χ2v) is 10.3. The van der Waals surface area contributed by atoms with Gasteiger partial charge in [0.15, 0.2) is 5.69 Å². The Hall–Kier alpha value is -3.40. The van der Waals surface area contributed by atoms with Gasteiger partial charge in [-0.15, -0.1) is 10.2 Å². The third-order valence-electron chi connectivity index (χ3n) is 7.81. The smallest absolute Gasteiger partial charge is 0.272 e. The predicted octanol–water partition coefficient (Wildman–Crippen LogP) is 4.02. The van der Waals surface area contributed by atoms with Crippen molar-refractivity contribution < 1.29 is 14.3 Å². The molecule has 2 N–H and O–H groups in total. The molecule has 1 aliphatic heterocycles. The molecule has 204 valence electrons. The average molecular weight is 522 g/mol. The quantitative estimate of drug-likeness (QED) is 0.392. The first-order chi connectivity index (χ1) is 18.7. The van der Waals surface area contributed by atoms with Gasteiger partial charge in [-0.3, -0.25) is 9.48 Å². The first-order valence-electron chi connectivity index (χ1n) is 13.9. The number of nitrogens with one attached hydrogen (secondary N) is 2. The summed E-state index contributed by atoms with van der Waals surface area (Å²) in [5.74, 6) is 1.98. The zero-order chi connectivity index (χ0) is 26.3. The van der Waals surface area contributed by atoms with Crippen molar-refractivity contribution in [2.24, 2.45) is 0 Å². The van der Waals surface area contributed by atoms with Crippen molar-refractivity contribution in [1.82, 2.24) is 35.2 Å². The highest BCUT2D eigenvalue weighted by Crippen LogP contribution is 2.41. The number of benzene rings is 1. The molecule has 38 heavy (non-hydrogen) atoms. The van der Waals surface area contributed by atoms with E-state index in [1.54, 1.807) is 20.5 Å². The number of rotatable bonds is 11. The second kappa shape index (κ2) is 12.4. The van der Waals surface area contributed by atoms with Crippen molar-refractivity contribution in [3.63, 3.8) is 0 Å². The molecule has 2 aromatic heterocycles. The Balaban J connectivity index is 1.41. The van der Waals surface area contributed by atoms with E-state index in [9.17, 15) is 4.79 Å². The summed E-state index contributed by atoms with van der Waals surface area (Å²) in [6.45, 7) is 3.19.